The van der Waals surface area contributed by atoms with Crippen molar-refractivity contribution in [1.82, 2.24) is 15.3 Å². The summed E-state index contributed by atoms with van der Waals surface area (Å²) in [6.07, 6.45) is 3.41. The van der Waals surface area contributed by atoms with E-state index in [1.807, 2.05) is 38.1 Å². The van der Waals surface area contributed by atoms with Crippen LogP contribution in [0, 0.1) is 0 Å². The van der Waals surface area contributed by atoms with Crippen LogP contribution in [-0.2, 0) is 0 Å². The molecule has 3 N–H and O–H groups in total. The largest absolute Gasteiger partial charge is 0.385 e. The molecule has 0 bridgehead atoms. The lowest BCUT2D eigenvalue weighted by Gasteiger charge is -2.14. The van der Waals surface area contributed by atoms with Gasteiger partial charge in [0.25, 0.3) is 5.91 Å². The summed E-state index contributed by atoms with van der Waals surface area (Å²) < 4.78 is 0. The molecule has 5 heteroatoms. The third kappa shape index (κ3) is 3.13. The number of aromatic nitrogens is 2. The molecule has 1 amide bonds. The summed E-state index contributed by atoms with van der Waals surface area (Å²) in [6.45, 7) is 4.67. The van der Waals surface area contributed by atoms with E-state index in [2.05, 4.69) is 20.6 Å². The smallest absolute Gasteiger partial charge is 0.253 e. The summed E-state index contributed by atoms with van der Waals surface area (Å²) in [4.78, 5) is 19.4. The fourth-order valence-electron chi connectivity index (χ4n) is 1.88. The highest BCUT2D eigenvalue weighted by molar-refractivity contribution is 5.99. The van der Waals surface area contributed by atoms with Crippen LogP contribution in [0.1, 0.15) is 36.1 Å². The molecule has 100 valence electrons. The lowest BCUT2D eigenvalue weighted by molar-refractivity contribution is 0.0939. The van der Waals surface area contributed by atoms with Gasteiger partial charge in [-0.15, -0.1) is 0 Å². The molecule has 2 aromatic rings. The summed E-state index contributed by atoms with van der Waals surface area (Å²) in [5, 5.41) is 6.11. The van der Waals surface area contributed by atoms with Gasteiger partial charge in [0.15, 0.2) is 0 Å². The molecular weight excluding hydrogens is 240 g/mol. The number of imidazole rings is 1. The number of hydrogen-bond acceptors (Lipinski definition) is 3. The number of nitrogens with zero attached hydrogens (tertiary/aromatic N) is 1. The van der Waals surface area contributed by atoms with Crippen molar-refractivity contribution in [2.45, 2.75) is 19.9 Å². The molecule has 2 rings (SSSR count). The van der Waals surface area contributed by atoms with Crippen LogP contribution in [0.2, 0.25) is 0 Å². The number of amides is 1. The third-order valence-electron chi connectivity index (χ3n) is 2.82. The Morgan fingerprint density at radius 3 is 2.89 bits per heavy atom. The highest BCUT2D eigenvalue weighted by atomic mass is 16.1. The predicted octanol–water partition coefficient (Wildman–Crippen LogP) is 2.33. The maximum atomic E-state index is 12.3. The van der Waals surface area contributed by atoms with E-state index in [0.29, 0.717) is 5.56 Å². The van der Waals surface area contributed by atoms with E-state index in [0.717, 1.165) is 18.1 Å². The Morgan fingerprint density at radius 1 is 1.42 bits per heavy atom. The molecule has 0 aliphatic heterocycles. The normalized spacial score (nSPS) is 11.9. The first-order valence-corrected chi connectivity index (χ1v) is 6.35. The lowest BCUT2D eigenvalue weighted by Crippen LogP contribution is -2.28. The average molecular weight is 258 g/mol. The van der Waals surface area contributed by atoms with Gasteiger partial charge in [-0.05, 0) is 26.0 Å². The van der Waals surface area contributed by atoms with E-state index >= 15 is 0 Å². The number of hydrogen-bond donors (Lipinski definition) is 3. The first kappa shape index (κ1) is 13.1. The Balaban J connectivity index is 2.11. The van der Waals surface area contributed by atoms with Gasteiger partial charge in [-0.25, -0.2) is 4.98 Å². The Morgan fingerprint density at radius 2 is 2.21 bits per heavy atom. The molecule has 0 fully saturated rings. The van der Waals surface area contributed by atoms with Crippen LogP contribution in [0.5, 0.6) is 0 Å². The number of benzene rings is 1. The predicted molar refractivity (Wildman–Crippen MR) is 75.1 cm³/mol. The monoisotopic (exact) mass is 258 g/mol. The van der Waals surface area contributed by atoms with Gasteiger partial charge in [0.05, 0.1) is 11.6 Å². The van der Waals surface area contributed by atoms with Gasteiger partial charge in [0.2, 0.25) is 0 Å². The molecule has 0 aliphatic carbocycles. The molecule has 0 saturated carbocycles. The van der Waals surface area contributed by atoms with Gasteiger partial charge in [0, 0.05) is 24.6 Å². The van der Waals surface area contributed by atoms with Crippen molar-refractivity contribution in [2.75, 3.05) is 11.9 Å². The van der Waals surface area contributed by atoms with Gasteiger partial charge in [-0.2, -0.15) is 0 Å². The van der Waals surface area contributed by atoms with Crippen molar-refractivity contribution in [2.24, 2.45) is 0 Å². The molecule has 0 spiro atoms. The van der Waals surface area contributed by atoms with E-state index in [1.165, 1.54) is 0 Å². The minimum Gasteiger partial charge on any atom is -0.385 e. The number of nitrogens with one attached hydrogen (secondary N) is 3. The standard InChI is InChI=1S/C14H18N4O/c1-3-15-12-7-5-4-6-11(12)14(19)18-10(2)13-16-8-9-17-13/h4-10,15H,3H2,1-2H3,(H,16,17)(H,18,19). The Hall–Kier alpha value is -2.30. The molecule has 1 atom stereocenters. The maximum Gasteiger partial charge on any atom is 0.253 e. The van der Waals surface area contributed by atoms with Gasteiger partial charge >= 0.3 is 0 Å². The number of carbonyl (C=O) groups excluding carboxylic acids is 1. The second kappa shape index (κ2) is 6.04. The zero-order valence-corrected chi connectivity index (χ0v) is 11.1. The van der Waals surface area contributed by atoms with Crippen LogP contribution in [0.15, 0.2) is 36.7 Å². The van der Waals surface area contributed by atoms with E-state index in [9.17, 15) is 4.79 Å². The molecule has 1 heterocycles. The van der Waals surface area contributed by atoms with E-state index in [4.69, 9.17) is 0 Å². The minimum atomic E-state index is -0.155. The first-order valence-electron chi connectivity index (χ1n) is 6.35. The quantitative estimate of drug-likeness (QED) is 0.771. The fraction of sp³-hybridized carbons (Fsp3) is 0.286. The van der Waals surface area contributed by atoms with Crippen LogP contribution >= 0.6 is 0 Å². The zero-order chi connectivity index (χ0) is 13.7. The summed E-state index contributed by atoms with van der Waals surface area (Å²) in [6, 6.07) is 7.31. The number of H-pyrrole nitrogens is 1. The Labute approximate surface area is 112 Å². The fourth-order valence-corrected chi connectivity index (χ4v) is 1.88. The molecule has 19 heavy (non-hydrogen) atoms. The lowest BCUT2D eigenvalue weighted by atomic mass is 10.1. The highest BCUT2D eigenvalue weighted by Crippen LogP contribution is 2.16. The molecule has 1 unspecified atom stereocenters. The number of aromatic amines is 1. The summed E-state index contributed by atoms with van der Waals surface area (Å²) in [7, 11) is 0. The number of anilines is 1. The van der Waals surface area contributed by atoms with E-state index in [1.54, 1.807) is 12.4 Å². The zero-order valence-electron chi connectivity index (χ0n) is 11.1. The van der Waals surface area contributed by atoms with Crippen LogP contribution in [0.4, 0.5) is 5.69 Å². The molecule has 0 saturated heterocycles. The van der Waals surface area contributed by atoms with Crippen molar-refractivity contribution in [1.29, 1.82) is 0 Å². The third-order valence-corrected chi connectivity index (χ3v) is 2.82. The van der Waals surface area contributed by atoms with Crippen molar-refractivity contribution < 1.29 is 4.79 Å². The molecule has 0 radical (unpaired) electrons. The Bertz CT molecular complexity index is 536. The van der Waals surface area contributed by atoms with Gasteiger partial charge in [-0.1, -0.05) is 12.1 Å². The highest BCUT2D eigenvalue weighted by Gasteiger charge is 2.15. The summed E-state index contributed by atoms with van der Waals surface area (Å²) in [5.41, 5.74) is 1.48. The number of rotatable bonds is 5. The molecule has 1 aromatic carbocycles. The SMILES string of the molecule is CCNc1ccccc1C(=O)NC(C)c1ncc[nH]1. The van der Waals surface area contributed by atoms with Crippen LogP contribution in [0.3, 0.4) is 0 Å². The van der Waals surface area contributed by atoms with Crippen molar-refractivity contribution >= 4 is 11.6 Å². The molecule has 1 aromatic heterocycles. The van der Waals surface area contributed by atoms with E-state index < -0.39 is 0 Å². The molecule has 0 aliphatic rings. The number of carbonyl (C=O) groups is 1. The molecular formula is C14H18N4O. The van der Waals surface area contributed by atoms with Crippen molar-refractivity contribution in [3.63, 3.8) is 0 Å². The topological polar surface area (TPSA) is 69.8 Å². The Kier molecular flexibility index (Phi) is 4.18. The van der Waals surface area contributed by atoms with Crippen molar-refractivity contribution in [3.8, 4) is 0 Å². The van der Waals surface area contributed by atoms with Crippen LogP contribution in [-0.4, -0.2) is 22.4 Å². The van der Waals surface area contributed by atoms with E-state index in [-0.39, 0.29) is 11.9 Å². The van der Waals surface area contributed by atoms with Gasteiger partial charge in [-0.3, -0.25) is 4.79 Å². The minimum absolute atomic E-state index is 0.111. The van der Waals surface area contributed by atoms with Crippen LogP contribution < -0.4 is 10.6 Å². The first-order chi connectivity index (χ1) is 9.22. The second-order valence-corrected chi connectivity index (χ2v) is 4.25. The molecule has 5 nitrogen and oxygen atoms in total. The second-order valence-electron chi connectivity index (χ2n) is 4.25. The van der Waals surface area contributed by atoms with Gasteiger partial charge in [0.1, 0.15) is 5.82 Å². The van der Waals surface area contributed by atoms with Crippen molar-refractivity contribution in [3.05, 3.63) is 48.0 Å². The summed E-state index contributed by atoms with van der Waals surface area (Å²) >= 11 is 0. The van der Waals surface area contributed by atoms with Crippen LogP contribution in [0.25, 0.3) is 0 Å². The number of para-hydroxylation sites is 1. The average Bonchev–Trinajstić information content (AvgIpc) is 2.93. The van der Waals surface area contributed by atoms with Gasteiger partial charge < -0.3 is 15.6 Å². The maximum absolute atomic E-state index is 12.3. The summed E-state index contributed by atoms with van der Waals surface area (Å²) in [5.74, 6) is 0.634.